The minimum atomic E-state index is -0.220. The fraction of sp³-hybridized carbons (Fsp3) is 0.348. The van der Waals surface area contributed by atoms with Crippen molar-refractivity contribution < 1.29 is 14.4 Å². The van der Waals surface area contributed by atoms with E-state index in [0.717, 1.165) is 18.5 Å². The summed E-state index contributed by atoms with van der Waals surface area (Å²) in [5, 5.41) is 2.87. The normalized spacial score (nSPS) is 13.4. The number of benzene rings is 2. The maximum atomic E-state index is 12.6. The van der Waals surface area contributed by atoms with E-state index in [1.54, 1.807) is 35.2 Å². The quantitative estimate of drug-likeness (QED) is 0.782. The summed E-state index contributed by atoms with van der Waals surface area (Å²) < 4.78 is 0. The van der Waals surface area contributed by atoms with Crippen LogP contribution in [0.5, 0.6) is 0 Å². The van der Waals surface area contributed by atoms with E-state index in [1.165, 1.54) is 0 Å². The van der Waals surface area contributed by atoms with Crippen LogP contribution in [0.25, 0.3) is 0 Å². The standard InChI is InChI=1S/C23H27N3O3/c1-3-25(4-2)23(29)18-10-12-20(13-11-18)24-22(28)19-8-5-7-17(15-19)16-26-14-6-9-21(26)27/h5,7-8,10-13,15H,3-4,6,9,14,16H2,1-2H3,(H,24,28). The van der Waals surface area contributed by atoms with E-state index in [4.69, 9.17) is 0 Å². The van der Waals surface area contributed by atoms with Crippen LogP contribution in [-0.2, 0) is 11.3 Å². The summed E-state index contributed by atoms with van der Waals surface area (Å²) in [6.45, 7) is 6.52. The summed E-state index contributed by atoms with van der Waals surface area (Å²) in [7, 11) is 0. The lowest BCUT2D eigenvalue weighted by Gasteiger charge is -2.18. The Hall–Kier alpha value is -3.15. The van der Waals surface area contributed by atoms with Gasteiger partial charge in [0.1, 0.15) is 0 Å². The third-order valence-corrected chi connectivity index (χ3v) is 5.17. The zero-order valence-corrected chi connectivity index (χ0v) is 17.0. The molecule has 29 heavy (non-hydrogen) atoms. The second-order valence-electron chi connectivity index (χ2n) is 7.13. The van der Waals surface area contributed by atoms with Gasteiger partial charge in [-0.3, -0.25) is 14.4 Å². The van der Waals surface area contributed by atoms with Gasteiger partial charge in [-0.1, -0.05) is 12.1 Å². The van der Waals surface area contributed by atoms with Crippen molar-refractivity contribution in [3.05, 3.63) is 65.2 Å². The number of rotatable bonds is 7. The van der Waals surface area contributed by atoms with Crippen molar-refractivity contribution in [3.8, 4) is 0 Å². The predicted molar refractivity (Wildman–Crippen MR) is 113 cm³/mol. The highest BCUT2D eigenvalue weighted by atomic mass is 16.2. The van der Waals surface area contributed by atoms with Gasteiger partial charge in [0.05, 0.1) is 0 Å². The van der Waals surface area contributed by atoms with Gasteiger partial charge in [-0.05, 0) is 62.2 Å². The number of hydrogen-bond donors (Lipinski definition) is 1. The van der Waals surface area contributed by atoms with Crippen LogP contribution in [0.3, 0.4) is 0 Å². The molecule has 0 aromatic heterocycles. The number of nitrogens with zero attached hydrogens (tertiary/aromatic N) is 2. The zero-order valence-electron chi connectivity index (χ0n) is 17.0. The van der Waals surface area contributed by atoms with Gasteiger partial charge in [0, 0.05) is 49.4 Å². The van der Waals surface area contributed by atoms with Crippen LogP contribution in [0.15, 0.2) is 48.5 Å². The number of likely N-dealkylation sites (tertiary alicyclic amines) is 1. The van der Waals surface area contributed by atoms with Crippen molar-refractivity contribution >= 4 is 23.4 Å². The minimum Gasteiger partial charge on any atom is -0.339 e. The molecule has 152 valence electrons. The molecule has 1 fully saturated rings. The van der Waals surface area contributed by atoms with Crippen molar-refractivity contribution in [1.29, 1.82) is 0 Å². The highest BCUT2D eigenvalue weighted by Gasteiger charge is 2.20. The number of anilines is 1. The highest BCUT2D eigenvalue weighted by molar-refractivity contribution is 6.04. The van der Waals surface area contributed by atoms with Crippen molar-refractivity contribution in [3.63, 3.8) is 0 Å². The summed E-state index contributed by atoms with van der Waals surface area (Å²) in [4.78, 5) is 40.4. The Balaban J connectivity index is 1.65. The smallest absolute Gasteiger partial charge is 0.255 e. The molecule has 0 spiro atoms. The lowest BCUT2D eigenvalue weighted by atomic mass is 10.1. The largest absolute Gasteiger partial charge is 0.339 e. The second-order valence-corrected chi connectivity index (χ2v) is 7.13. The Bertz CT molecular complexity index is 888. The van der Waals surface area contributed by atoms with Crippen LogP contribution in [0.1, 0.15) is 53.0 Å². The van der Waals surface area contributed by atoms with E-state index in [2.05, 4.69) is 5.32 Å². The monoisotopic (exact) mass is 393 g/mol. The molecule has 0 atom stereocenters. The van der Waals surface area contributed by atoms with E-state index in [1.807, 2.05) is 36.9 Å². The van der Waals surface area contributed by atoms with Crippen molar-refractivity contribution in [2.24, 2.45) is 0 Å². The molecule has 1 N–H and O–H groups in total. The summed E-state index contributed by atoms with van der Waals surface area (Å²) >= 11 is 0. The first-order chi connectivity index (χ1) is 14.0. The average Bonchev–Trinajstić information content (AvgIpc) is 3.14. The molecule has 0 unspecified atom stereocenters. The summed E-state index contributed by atoms with van der Waals surface area (Å²) in [6.07, 6.45) is 1.50. The van der Waals surface area contributed by atoms with Crippen LogP contribution in [0, 0.1) is 0 Å². The SMILES string of the molecule is CCN(CC)C(=O)c1ccc(NC(=O)c2cccc(CN3CCCC3=O)c2)cc1. The molecule has 0 radical (unpaired) electrons. The Morgan fingerprint density at radius 3 is 2.38 bits per heavy atom. The Morgan fingerprint density at radius 1 is 1.03 bits per heavy atom. The molecule has 3 rings (SSSR count). The van der Waals surface area contributed by atoms with E-state index in [9.17, 15) is 14.4 Å². The molecule has 2 aromatic carbocycles. The lowest BCUT2D eigenvalue weighted by molar-refractivity contribution is -0.128. The molecule has 6 nitrogen and oxygen atoms in total. The molecule has 1 aliphatic heterocycles. The third kappa shape index (κ3) is 5.02. The van der Waals surface area contributed by atoms with Gasteiger partial charge >= 0.3 is 0 Å². The Morgan fingerprint density at radius 2 is 1.76 bits per heavy atom. The minimum absolute atomic E-state index is 0.0166. The van der Waals surface area contributed by atoms with Crippen molar-refractivity contribution in [2.45, 2.75) is 33.2 Å². The highest BCUT2D eigenvalue weighted by Crippen LogP contribution is 2.17. The molecule has 0 saturated carbocycles. The van der Waals surface area contributed by atoms with E-state index < -0.39 is 0 Å². The van der Waals surface area contributed by atoms with Crippen LogP contribution >= 0.6 is 0 Å². The first kappa shape index (κ1) is 20.6. The number of carbonyl (C=O) groups excluding carboxylic acids is 3. The van der Waals surface area contributed by atoms with Crippen molar-refractivity contribution in [1.82, 2.24) is 9.80 Å². The molecular formula is C23H27N3O3. The molecule has 1 heterocycles. The van der Waals surface area contributed by atoms with E-state index >= 15 is 0 Å². The second kappa shape index (κ2) is 9.37. The summed E-state index contributed by atoms with van der Waals surface area (Å²) in [5.41, 5.74) is 2.71. The number of amides is 3. The number of carbonyl (C=O) groups is 3. The van der Waals surface area contributed by atoms with Crippen molar-refractivity contribution in [2.75, 3.05) is 25.0 Å². The predicted octanol–water partition coefficient (Wildman–Crippen LogP) is 3.54. The van der Waals surface area contributed by atoms with Gasteiger partial charge in [-0.25, -0.2) is 0 Å². The van der Waals surface area contributed by atoms with Crippen LogP contribution < -0.4 is 5.32 Å². The number of nitrogens with one attached hydrogen (secondary N) is 1. The van der Waals surface area contributed by atoms with Crippen LogP contribution in [0.4, 0.5) is 5.69 Å². The summed E-state index contributed by atoms with van der Waals surface area (Å²) in [6, 6.07) is 14.3. The first-order valence-electron chi connectivity index (χ1n) is 10.1. The Kier molecular flexibility index (Phi) is 6.65. The van der Waals surface area contributed by atoms with Crippen LogP contribution in [0.2, 0.25) is 0 Å². The van der Waals surface area contributed by atoms with Gasteiger partial charge < -0.3 is 15.1 Å². The van der Waals surface area contributed by atoms with Gasteiger partial charge in [-0.15, -0.1) is 0 Å². The molecule has 0 bridgehead atoms. The number of hydrogen-bond acceptors (Lipinski definition) is 3. The fourth-order valence-electron chi connectivity index (χ4n) is 3.50. The average molecular weight is 393 g/mol. The van der Waals surface area contributed by atoms with Gasteiger partial charge in [-0.2, -0.15) is 0 Å². The molecule has 0 aliphatic carbocycles. The van der Waals surface area contributed by atoms with Crippen LogP contribution in [-0.4, -0.2) is 47.2 Å². The molecule has 2 aromatic rings. The molecule has 3 amide bonds. The van der Waals surface area contributed by atoms with Gasteiger partial charge in [0.15, 0.2) is 0 Å². The molecule has 1 aliphatic rings. The van der Waals surface area contributed by atoms with E-state index in [-0.39, 0.29) is 17.7 Å². The third-order valence-electron chi connectivity index (χ3n) is 5.17. The topological polar surface area (TPSA) is 69.7 Å². The maximum absolute atomic E-state index is 12.6. The lowest BCUT2D eigenvalue weighted by Crippen LogP contribution is -2.30. The first-order valence-corrected chi connectivity index (χ1v) is 10.1. The molecule has 6 heteroatoms. The van der Waals surface area contributed by atoms with E-state index in [0.29, 0.717) is 42.9 Å². The van der Waals surface area contributed by atoms with Gasteiger partial charge in [0.2, 0.25) is 5.91 Å². The Labute approximate surface area is 171 Å². The zero-order chi connectivity index (χ0) is 20.8. The van der Waals surface area contributed by atoms with Gasteiger partial charge in [0.25, 0.3) is 11.8 Å². The molecule has 1 saturated heterocycles. The summed E-state index contributed by atoms with van der Waals surface area (Å²) in [5.74, 6) is -0.0707. The maximum Gasteiger partial charge on any atom is 0.255 e. The molecular weight excluding hydrogens is 366 g/mol. The fourth-order valence-corrected chi connectivity index (χ4v) is 3.50.